The first-order valence-corrected chi connectivity index (χ1v) is 9.62. The lowest BCUT2D eigenvalue weighted by Gasteiger charge is -2.23. The van der Waals surface area contributed by atoms with Gasteiger partial charge < -0.3 is 14.6 Å². The van der Waals surface area contributed by atoms with Gasteiger partial charge in [0.05, 0.1) is 19.8 Å². The van der Waals surface area contributed by atoms with E-state index in [0.29, 0.717) is 17.1 Å². The van der Waals surface area contributed by atoms with E-state index in [1.807, 2.05) is 30.3 Å². The Hall–Kier alpha value is -3.44. The molecular formula is C25H24O5. The van der Waals surface area contributed by atoms with Crippen LogP contribution < -0.4 is 9.47 Å². The van der Waals surface area contributed by atoms with Gasteiger partial charge >= 0.3 is 0 Å². The highest BCUT2D eigenvalue weighted by atomic mass is 16.5. The lowest BCUT2D eigenvalue weighted by atomic mass is 9.84. The van der Waals surface area contributed by atoms with Crippen LogP contribution in [-0.4, -0.2) is 37.0 Å². The van der Waals surface area contributed by atoms with E-state index in [1.165, 1.54) is 7.11 Å². The van der Waals surface area contributed by atoms with Gasteiger partial charge in [-0.1, -0.05) is 42.5 Å². The number of carbonyl (C=O) groups is 2. The van der Waals surface area contributed by atoms with Crippen LogP contribution in [-0.2, 0) is 0 Å². The standard InChI is InChI=1S/C25H24O5/c1-29-19-14-12-18(13-15-19)22(26)16-21(17-8-4-3-5-9-17)25(28)24(27)20-10-6-7-11-23(20)30-2/h3-15,21,25,28H,16H2,1-2H3/t21-,25-/m1/s1. The largest absolute Gasteiger partial charge is 0.497 e. The van der Waals surface area contributed by atoms with Crippen molar-refractivity contribution < 1.29 is 24.2 Å². The third kappa shape index (κ3) is 4.75. The first-order chi connectivity index (χ1) is 14.5. The van der Waals surface area contributed by atoms with Gasteiger partial charge in [0.1, 0.15) is 17.6 Å². The number of ketones is 2. The molecular weight excluding hydrogens is 380 g/mol. The van der Waals surface area contributed by atoms with Crippen LogP contribution in [0.2, 0.25) is 0 Å². The number of rotatable bonds is 9. The van der Waals surface area contributed by atoms with Gasteiger partial charge in [-0.3, -0.25) is 9.59 Å². The number of hydrogen-bond donors (Lipinski definition) is 1. The number of carbonyl (C=O) groups excluding carboxylic acids is 2. The van der Waals surface area contributed by atoms with Crippen molar-refractivity contribution in [3.8, 4) is 11.5 Å². The summed E-state index contributed by atoms with van der Waals surface area (Å²) in [6.07, 6.45) is -1.41. The van der Waals surface area contributed by atoms with E-state index in [1.54, 1.807) is 55.6 Å². The molecule has 3 aromatic rings. The van der Waals surface area contributed by atoms with E-state index >= 15 is 0 Å². The molecule has 0 heterocycles. The maximum Gasteiger partial charge on any atom is 0.195 e. The Morgan fingerprint density at radius 2 is 1.47 bits per heavy atom. The predicted molar refractivity (Wildman–Crippen MR) is 114 cm³/mol. The SMILES string of the molecule is COc1ccc(C(=O)C[C@H](c2ccccc2)[C@@H](O)C(=O)c2ccccc2OC)cc1. The Morgan fingerprint density at radius 3 is 2.10 bits per heavy atom. The molecule has 0 bridgehead atoms. The van der Waals surface area contributed by atoms with E-state index < -0.39 is 17.8 Å². The summed E-state index contributed by atoms with van der Waals surface area (Å²) < 4.78 is 10.4. The number of aliphatic hydroxyl groups is 1. The van der Waals surface area contributed by atoms with Crippen molar-refractivity contribution in [3.05, 3.63) is 95.6 Å². The number of methoxy groups -OCH3 is 2. The zero-order chi connectivity index (χ0) is 21.5. The number of ether oxygens (including phenoxy) is 2. The topological polar surface area (TPSA) is 72.8 Å². The average Bonchev–Trinajstić information content (AvgIpc) is 2.82. The second-order valence-corrected chi connectivity index (χ2v) is 6.88. The average molecular weight is 404 g/mol. The van der Waals surface area contributed by atoms with Crippen LogP contribution in [0, 0.1) is 0 Å². The summed E-state index contributed by atoms with van der Waals surface area (Å²) in [7, 11) is 3.03. The third-order valence-electron chi connectivity index (χ3n) is 5.07. The summed E-state index contributed by atoms with van der Waals surface area (Å²) in [5.74, 6) is -0.312. The van der Waals surface area contributed by atoms with Crippen LogP contribution in [0.4, 0.5) is 0 Å². The second-order valence-electron chi connectivity index (χ2n) is 6.88. The number of benzene rings is 3. The minimum atomic E-state index is -1.40. The van der Waals surface area contributed by atoms with Crippen LogP contribution in [0.3, 0.4) is 0 Å². The van der Waals surface area contributed by atoms with Gasteiger partial charge in [0.2, 0.25) is 0 Å². The van der Waals surface area contributed by atoms with Crippen LogP contribution in [0.5, 0.6) is 11.5 Å². The highest BCUT2D eigenvalue weighted by Crippen LogP contribution is 2.30. The summed E-state index contributed by atoms with van der Waals surface area (Å²) in [6, 6.07) is 22.6. The first kappa shape index (κ1) is 21.3. The van der Waals surface area contributed by atoms with Crippen molar-refractivity contribution in [1.29, 1.82) is 0 Å². The Morgan fingerprint density at radius 1 is 0.833 bits per heavy atom. The normalized spacial score (nSPS) is 12.6. The molecule has 5 nitrogen and oxygen atoms in total. The summed E-state index contributed by atoms with van der Waals surface area (Å²) in [6.45, 7) is 0. The molecule has 2 atom stereocenters. The van der Waals surface area contributed by atoms with Gasteiger partial charge in [-0.15, -0.1) is 0 Å². The minimum absolute atomic E-state index is 0.0155. The maximum atomic E-state index is 13.1. The summed E-state index contributed by atoms with van der Waals surface area (Å²) >= 11 is 0. The molecule has 154 valence electrons. The van der Waals surface area contributed by atoms with Crippen molar-refractivity contribution in [3.63, 3.8) is 0 Å². The van der Waals surface area contributed by atoms with E-state index in [-0.39, 0.29) is 17.8 Å². The molecule has 0 spiro atoms. The Labute approximate surface area is 175 Å². The van der Waals surface area contributed by atoms with Crippen molar-refractivity contribution in [2.24, 2.45) is 0 Å². The highest BCUT2D eigenvalue weighted by Gasteiger charge is 2.31. The molecule has 0 aliphatic rings. The maximum absolute atomic E-state index is 13.1. The summed E-state index contributed by atoms with van der Waals surface area (Å²) in [4.78, 5) is 26.0. The quantitative estimate of drug-likeness (QED) is 0.538. The molecule has 0 aliphatic carbocycles. The second kappa shape index (κ2) is 9.85. The van der Waals surface area contributed by atoms with Crippen molar-refractivity contribution >= 4 is 11.6 Å². The highest BCUT2D eigenvalue weighted by molar-refractivity contribution is 6.03. The predicted octanol–water partition coefficient (Wildman–Crippen LogP) is 4.30. The molecule has 3 aromatic carbocycles. The van der Waals surface area contributed by atoms with Gasteiger partial charge in [-0.25, -0.2) is 0 Å². The zero-order valence-electron chi connectivity index (χ0n) is 16.9. The van der Waals surface area contributed by atoms with Gasteiger partial charge in [-0.05, 0) is 42.0 Å². The lowest BCUT2D eigenvalue weighted by Crippen LogP contribution is -2.30. The van der Waals surface area contributed by atoms with Crippen molar-refractivity contribution in [1.82, 2.24) is 0 Å². The molecule has 0 radical (unpaired) electrons. The minimum Gasteiger partial charge on any atom is -0.497 e. The van der Waals surface area contributed by atoms with Crippen molar-refractivity contribution in [2.75, 3.05) is 14.2 Å². The van der Waals surface area contributed by atoms with E-state index in [2.05, 4.69) is 0 Å². The molecule has 0 amide bonds. The number of aliphatic hydroxyl groups excluding tert-OH is 1. The fourth-order valence-corrected chi connectivity index (χ4v) is 3.40. The fourth-order valence-electron chi connectivity index (χ4n) is 3.40. The lowest BCUT2D eigenvalue weighted by molar-refractivity contribution is 0.0663. The van der Waals surface area contributed by atoms with Crippen LogP contribution in [0.1, 0.15) is 38.6 Å². The number of Topliss-reactive ketones (excluding diaryl/α,β-unsaturated/α-hetero) is 2. The summed E-state index contributed by atoms with van der Waals surface area (Å²) in [5, 5.41) is 11.0. The van der Waals surface area contributed by atoms with E-state index in [9.17, 15) is 14.7 Å². The molecule has 5 heteroatoms. The monoisotopic (exact) mass is 404 g/mol. The Bertz CT molecular complexity index is 996. The third-order valence-corrected chi connectivity index (χ3v) is 5.07. The van der Waals surface area contributed by atoms with Crippen LogP contribution in [0.25, 0.3) is 0 Å². The van der Waals surface area contributed by atoms with E-state index in [4.69, 9.17) is 9.47 Å². The Balaban J connectivity index is 1.90. The Kier molecular flexibility index (Phi) is 6.99. The molecule has 0 saturated carbocycles. The van der Waals surface area contributed by atoms with Gasteiger partial charge in [0.25, 0.3) is 0 Å². The number of para-hydroxylation sites is 1. The molecule has 0 fully saturated rings. The molecule has 0 aromatic heterocycles. The fraction of sp³-hybridized carbons (Fsp3) is 0.200. The van der Waals surface area contributed by atoms with Gasteiger partial charge in [0, 0.05) is 17.9 Å². The van der Waals surface area contributed by atoms with Gasteiger partial charge in [0.15, 0.2) is 11.6 Å². The van der Waals surface area contributed by atoms with Crippen molar-refractivity contribution in [2.45, 2.75) is 18.4 Å². The zero-order valence-corrected chi connectivity index (χ0v) is 16.9. The molecule has 0 saturated heterocycles. The van der Waals surface area contributed by atoms with Crippen LogP contribution >= 0.6 is 0 Å². The smallest absolute Gasteiger partial charge is 0.195 e. The summed E-state index contributed by atoms with van der Waals surface area (Å²) in [5.41, 5.74) is 1.49. The number of hydrogen-bond acceptors (Lipinski definition) is 5. The first-order valence-electron chi connectivity index (χ1n) is 9.62. The van der Waals surface area contributed by atoms with Crippen LogP contribution in [0.15, 0.2) is 78.9 Å². The molecule has 3 rings (SSSR count). The molecule has 30 heavy (non-hydrogen) atoms. The molecule has 0 aliphatic heterocycles. The van der Waals surface area contributed by atoms with Gasteiger partial charge in [-0.2, -0.15) is 0 Å². The molecule has 1 N–H and O–H groups in total. The van der Waals surface area contributed by atoms with E-state index in [0.717, 1.165) is 5.56 Å². The molecule has 0 unspecified atom stereocenters.